The van der Waals surface area contributed by atoms with Crippen molar-refractivity contribution in [3.8, 4) is 0 Å². The van der Waals surface area contributed by atoms with Crippen LogP contribution in [0.3, 0.4) is 0 Å². The molecule has 1 aliphatic rings. The van der Waals surface area contributed by atoms with Crippen molar-refractivity contribution in [2.45, 2.75) is 19.1 Å². The molecule has 2 unspecified atom stereocenters. The predicted molar refractivity (Wildman–Crippen MR) is 80.1 cm³/mol. The molecule has 0 amide bonds. The number of hydrogen-bond acceptors (Lipinski definition) is 6. The van der Waals surface area contributed by atoms with Crippen LogP contribution in [-0.2, 0) is 14.3 Å². The fourth-order valence-corrected chi connectivity index (χ4v) is 3.42. The maximum absolute atomic E-state index is 11.8. The Labute approximate surface area is 127 Å². The standard InChI is InChI=1S/C13H11BrN2O3S/c1-6-15-10(13(17)18-2)11(19-6)12-16-8-5-7(14)3-4-9(8)20-12/h3-5,10-11H,1-2H3. The highest BCUT2D eigenvalue weighted by molar-refractivity contribution is 9.10. The second-order valence-electron chi connectivity index (χ2n) is 4.32. The number of benzene rings is 1. The summed E-state index contributed by atoms with van der Waals surface area (Å²) in [6, 6.07) is 5.20. The maximum atomic E-state index is 11.8. The smallest absolute Gasteiger partial charge is 0.335 e. The van der Waals surface area contributed by atoms with Gasteiger partial charge in [-0.1, -0.05) is 15.9 Å². The number of nitrogens with zero attached hydrogens (tertiary/aromatic N) is 2. The van der Waals surface area contributed by atoms with Crippen LogP contribution in [0.5, 0.6) is 0 Å². The van der Waals surface area contributed by atoms with Crippen molar-refractivity contribution in [3.05, 3.63) is 27.7 Å². The van der Waals surface area contributed by atoms with Crippen LogP contribution < -0.4 is 0 Å². The molecule has 0 radical (unpaired) electrons. The van der Waals surface area contributed by atoms with E-state index >= 15 is 0 Å². The first-order valence-corrected chi connectivity index (χ1v) is 7.54. The molecule has 20 heavy (non-hydrogen) atoms. The number of methoxy groups -OCH3 is 1. The highest BCUT2D eigenvalue weighted by Gasteiger charge is 2.39. The zero-order valence-corrected chi connectivity index (χ0v) is 13.2. The number of carbonyl (C=O) groups is 1. The lowest BCUT2D eigenvalue weighted by Crippen LogP contribution is -2.25. The van der Waals surface area contributed by atoms with Gasteiger partial charge < -0.3 is 9.47 Å². The summed E-state index contributed by atoms with van der Waals surface area (Å²) in [6.07, 6.45) is -0.501. The molecule has 0 N–H and O–H groups in total. The van der Waals surface area contributed by atoms with Crippen molar-refractivity contribution in [3.63, 3.8) is 0 Å². The molecule has 104 valence electrons. The molecule has 0 bridgehead atoms. The summed E-state index contributed by atoms with van der Waals surface area (Å²) in [5.74, 6) is 0.0677. The van der Waals surface area contributed by atoms with Crippen LogP contribution in [0.15, 0.2) is 27.7 Å². The Morgan fingerprint density at radius 2 is 2.30 bits per heavy atom. The number of hydrogen-bond donors (Lipinski definition) is 0. The lowest BCUT2D eigenvalue weighted by atomic mass is 10.2. The first kappa shape index (κ1) is 13.5. The van der Waals surface area contributed by atoms with E-state index in [0.29, 0.717) is 5.90 Å². The summed E-state index contributed by atoms with van der Waals surface area (Å²) in [7, 11) is 1.35. The van der Waals surface area contributed by atoms with Gasteiger partial charge in [0.1, 0.15) is 5.01 Å². The van der Waals surface area contributed by atoms with E-state index in [1.807, 2.05) is 18.2 Å². The van der Waals surface area contributed by atoms with Crippen LogP contribution in [0.25, 0.3) is 10.2 Å². The molecule has 1 aliphatic heterocycles. The van der Waals surface area contributed by atoms with Crippen molar-refractivity contribution in [2.24, 2.45) is 4.99 Å². The van der Waals surface area contributed by atoms with E-state index in [4.69, 9.17) is 9.47 Å². The molecule has 1 aromatic carbocycles. The van der Waals surface area contributed by atoms with Gasteiger partial charge >= 0.3 is 5.97 Å². The minimum Gasteiger partial charge on any atom is -0.468 e. The molecule has 2 aromatic rings. The number of fused-ring (bicyclic) bond motifs is 1. The summed E-state index contributed by atoms with van der Waals surface area (Å²) in [5.41, 5.74) is 0.871. The molecule has 0 saturated heterocycles. The maximum Gasteiger partial charge on any atom is 0.335 e. The van der Waals surface area contributed by atoms with Gasteiger partial charge in [0.05, 0.1) is 17.3 Å². The van der Waals surface area contributed by atoms with Crippen LogP contribution in [-0.4, -0.2) is 30.0 Å². The number of esters is 1. The number of aliphatic imine (C=N–C) groups is 1. The Bertz CT molecular complexity index is 713. The molecular weight excluding hydrogens is 344 g/mol. The molecule has 5 nitrogen and oxygen atoms in total. The van der Waals surface area contributed by atoms with Gasteiger partial charge in [0.25, 0.3) is 0 Å². The van der Waals surface area contributed by atoms with Crippen LogP contribution in [0.2, 0.25) is 0 Å². The summed E-state index contributed by atoms with van der Waals surface area (Å²) in [5, 5.41) is 0.731. The normalized spacial score (nSPS) is 21.6. The average molecular weight is 355 g/mol. The van der Waals surface area contributed by atoms with E-state index in [1.165, 1.54) is 18.4 Å². The molecule has 2 atom stereocenters. The topological polar surface area (TPSA) is 60.8 Å². The molecule has 1 aromatic heterocycles. The molecule has 0 fully saturated rings. The van der Waals surface area contributed by atoms with Crippen molar-refractivity contribution in [2.75, 3.05) is 7.11 Å². The zero-order chi connectivity index (χ0) is 14.3. The fourth-order valence-electron chi connectivity index (χ4n) is 2.06. The molecule has 0 saturated carbocycles. The van der Waals surface area contributed by atoms with Crippen molar-refractivity contribution < 1.29 is 14.3 Å². The van der Waals surface area contributed by atoms with Crippen molar-refractivity contribution in [1.29, 1.82) is 0 Å². The van der Waals surface area contributed by atoms with Crippen LogP contribution in [0.4, 0.5) is 0 Å². The SMILES string of the molecule is COC(=O)C1N=C(C)OC1c1nc2cc(Br)ccc2s1. The predicted octanol–water partition coefficient (Wildman–Crippen LogP) is 3.09. The lowest BCUT2D eigenvalue weighted by molar-refractivity contribution is -0.143. The number of rotatable bonds is 2. The minimum atomic E-state index is -0.677. The van der Waals surface area contributed by atoms with Gasteiger partial charge in [-0.05, 0) is 18.2 Å². The average Bonchev–Trinajstić information content (AvgIpc) is 3.00. The molecule has 3 rings (SSSR count). The van der Waals surface area contributed by atoms with Crippen LogP contribution in [0, 0.1) is 0 Å². The molecular formula is C13H11BrN2O3S. The first-order chi connectivity index (χ1) is 9.58. The van der Waals surface area contributed by atoms with Crippen LogP contribution >= 0.6 is 27.3 Å². The molecule has 0 spiro atoms. The van der Waals surface area contributed by atoms with E-state index < -0.39 is 18.1 Å². The minimum absolute atomic E-state index is 0.410. The summed E-state index contributed by atoms with van der Waals surface area (Å²) < 4.78 is 12.4. The van der Waals surface area contributed by atoms with E-state index in [0.717, 1.165) is 19.7 Å². The van der Waals surface area contributed by atoms with Crippen LogP contribution in [0.1, 0.15) is 18.0 Å². The van der Waals surface area contributed by atoms with E-state index in [-0.39, 0.29) is 0 Å². The van der Waals surface area contributed by atoms with E-state index in [1.54, 1.807) is 6.92 Å². The Balaban J connectivity index is 1.99. The van der Waals surface area contributed by atoms with E-state index in [9.17, 15) is 4.79 Å². The van der Waals surface area contributed by atoms with Gasteiger partial charge in [-0.2, -0.15) is 0 Å². The monoisotopic (exact) mass is 354 g/mol. The lowest BCUT2D eigenvalue weighted by Gasteiger charge is -2.12. The largest absolute Gasteiger partial charge is 0.468 e. The van der Waals surface area contributed by atoms with Gasteiger partial charge in [0.2, 0.25) is 0 Å². The Morgan fingerprint density at radius 3 is 3.05 bits per heavy atom. The molecule has 7 heteroatoms. The number of halogens is 1. The van der Waals surface area contributed by atoms with Gasteiger partial charge in [-0.15, -0.1) is 11.3 Å². The second kappa shape index (κ2) is 5.14. The number of thiazole rings is 1. The van der Waals surface area contributed by atoms with Crippen molar-refractivity contribution in [1.82, 2.24) is 4.98 Å². The highest BCUT2D eigenvalue weighted by atomic mass is 79.9. The van der Waals surface area contributed by atoms with Crippen molar-refractivity contribution >= 4 is 49.4 Å². The third-order valence-electron chi connectivity index (χ3n) is 2.96. The summed E-state index contributed by atoms with van der Waals surface area (Å²) >= 11 is 4.92. The van der Waals surface area contributed by atoms with Gasteiger partial charge in [0.15, 0.2) is 18.0 Å². The summed E-state index contributed by atoms with van der Waals surface area (Å²) in [4.78, 5) is 20.5. The van der Waals surface area contributed by atoms with E-state index in [2.05, 4.69) is 25.9 Å². The number of ether oxygens (including phenoxy) is 2. The van der Waals surface area contributed by atoms with Gasteiger partial charge in [-0.3, -0.25) is 0 Å². The number of carbonyl (C=O) groups excluding carboxylic acids is 1. The quantitative estimate of drug-likeness (QED) is 0.777. The highest BCUT2D eigenvalue weighted by Crippen LogP contribution is 2.35. The number of aromatic nitrogens is 1. The molecule has 2 heterocycles. The fraction of sp³-hybridized carbons (Fsp3) is 0.308. The zero-order valence-electron chi connectivity index (χ0n) is 10.8. The first-order valence-electron chi connectivity index (χ1n) is 5.93. The second-order valence-corrected chi connectivity index (χ2v) is 6.30. The van der Waals surface area contributed by atoms with Gasteiger partial charge in [-0.25, -0.2) is 14.8 Å². The third kappa shape index (κ3) is 2.31. The molecule has 0 aliphatic carbocycles. The Hall–Kier alpha value is -1.47. The van der Waals surface area contributed by atoms with Gasteiger partial charge in [0, 0.05) is 11.4 Å². The summed E-state index contributed by atoms with van der Waals surface area (Å²) in [6.45, 7) is 1.72. The Morgan fingerprint density at radius 1 is 1.50 bits per heavy atom. The Kier molecular flexibility index (Phi) is 3.47. The third-order valence-corrected chi connectivity index (χ3v) is 4.55.